The highest BCUT2D eigenvalue weighted by Crippen LogP contribution is 2.07. The highest BCUT2D eigenvalue weighted by molar-refractivity contribution is 8.04. The predicted octanol–water partition coefficient (Wildman–Crippen LogP) is 1.53. The summed E-state index contributed by atoms with van der Waals surface area (Å²) in [4.78, 5) is 22.1. The van der Waals surface area contributed by atoms with Gasteiger partial charge >= 0.3 is 5.97 Å². The van der Waals surface area contributed by atoms with E-state index in [1.807, 2.05) is 6.92 Å². The van der Waals surface area contributed by atoms with Crippen LogP contribution in [-0.4, -0.2) is 21.9 Å². The number of ether oxygens (including phenoxy) is 1. The summed E-state index contributed by atoms with van der Waals surface area (Å²) in [6, 6.07) is 0. The molecule has 0 radical (unpaired) electrons. The van der Waals surface area contributed by atoms with E-state index in [9.17, 15) is 13.8 Å². The number of carbonyl (C=O) groups is 2. The van der Waals surface area contributed by atoms with Crippen LogP contribution in [0, 0.1) is 0 Å². The predicted molar refractivity (Wildman–Crippen MR) is 58.4 cm³/mol. The Morgan fingerprint density at radius 1 is 1.33 bits per heavy atom. The van der Waals surface area contributed by atoms with E-state index in [-0.39, 0.29) is 17.9 Å². The third-order valence-corrected chi connectivity index (χ3v) is 2.90. The van der Waals surface area contributed by atoms with Crippen LogP contribution in [0.5, 0.6) is 0 Å². The molecule has 1 atom stereocenters. The van der Waals surface area contributed by atoms with Crippen molar-refractivity contribution in [1.82, 2.24) is 0 Å². The number of hydrogen-bond donors (Lipinski definition) is 0. The van der Waals surface area contributed by atoms with Gasteiger partial charge in [0.25, 0.3) is 0 Å². The molecule has 0 aliphatic carbocycles. The Kier molecular flexibility index (Phi) is 6.86. The summed E-state index contributed by atoms with van der Waals surface area (Å²) >= 11 is 0. The second-order valence-electron chi connectivity index (χ2n) is 2.89. The Hall–Kier alpha value is -0.970. The average Bonchev–Trinajstić information content (AvgIpc) is 2.24. The molecule has 0 spiro atoms. The maximum atomic E-state index is 11.4. The van der Waals surface area contributed by atoms with E-state index in [1.54, 1.807) is 6.92 Å². The Balaban J connectivity index is 4.25. The molecule has 0 aliphatic rings. The highest BCUT2D eigenvalue weighted by atomic mass is 32.2. The van der Waals surface area contributed by atoms with E-state index in [0.29, 0.717) is 6.42 Å². The van der Waals surface area contributed by atoms with Crippen LogP contribution in [0.2, 0.25) is 0 Å². The summed E-state index contributed by atoms with van der Waals surface area (Å²) in [5.74, 6) is -0.763. The molecule has 0 aromatic heterocycles. The molecule has 0 bridgehead atoms. The lowest BCUT2D eigenvalue weighted by Gasteiger charge is -2.03. The molecule has 4 nitrogen and oxygen atoms in total. The van der Waals surface area contributed by atoms with Crippen molar-refractivity contribution in [2.24, 2.45) is 0 Å². The quantitative estimate of drug-likeness (QED) is 0.514. The van der Waals surface area contributed by atoms with Gasteiger partial charge in [-0.3, -0.25) is 4.79 Å². The van der Waals surface area contributed by atoms with Gasteiger partial charge in [-0.2, -0.15) is 0 Å². The Morgan fingerprint density at radius 2 is 1.93 bits per heavy atom. The van der Waals surface area contributed by atoms with E-state index >= 15 is 0 Å². The van der Waals surface area contributed by atoms with Gasteiger partial charge in [-0.1, -0.05) is 19.9 Å². The van der Waals surface area contributed by atoms with Gasteiger partial charge in [-0.05, 0) is 13.3 Å². The fourth-order valence-corrected chi connectivity index (χ4v) is 1.65. The van der Waals surface area contributed by atoms with Gasteiger partial charge in [0, 0.05) is 6.42 Å². The van der Waals surface area contributed by atoms with Crippen LogP contribution in [0.3, 0.4) is 0 Å². The molecule has 15 heavy (non-hydrogen) atoms. The van der Waals surface area contributed by atoms with E-state index in [1.165, 1.54) is 0 Å². The van der Waals surface area contributed by atoms with E-state index in [4.69, 9.17) is 0 Å². The number of unbranched alkanes of at least 4 members (excludes halogenated alkanes) is 1. The Bertz CT molecular complexity index is 283. The second-order valence-corrected chi connectivity index (χ2v) is 4.37. The van der Waals surface area contributed by atoms with Gasteiger partial charge in [0.1, 0.15) is 15.7 Å². The third-order valence-electron chi connectivity index (χ3n) is 1.67. The number of esters is 1. The lowest BCUT2D eigenvalue weighted by Crippen LogP contribution is -2.16. The monoisotopic (exact) mass is 232 g/mol. The van der Waals surface area contributed by atoms with Crippen molar-refractivity contribution in [2.45, 2.75) is 33.1 Å². The van der Waals surface area contributed by atoms with Crippen molar-refractivity contribution in [2.75, 3.05) is 6.61 Å². The summed E-state index contributed by atoms with van der Waals surface area (Å²) in [6.07, 6.45) is 1.72. The molecular weight excluding hydrogens is 216 g/mol. The number of rotatable bonds is 6. The largest absolute Gasteiger partial charge is 0.462 e. The zero-order chi connectivity index (χ0) is 11.8. The molecule has 0 rings (SSSR count). The van der Waals surface area contributed by atoms with Crippen LogP contribution >= 0.6 is 0 Å². The molecule has 0 amide bonds. The molecule has 0 fully saturated rings. The zero-order valence-corrected chi connectivity index (χ0v) is 9.89. The molecule has 5 heteroatoms. The van der Waals surface area contributed by atoms with Crippen molar-refractivity contribution in [3.8, 4) is 0 Å². The maximum absolute atomic E-state index is 11.4. The van der Waals surface area contributed by atoms with Crippen LogP contribution in [0.4, 0.5) is 0 Å². The van der Waals surface area contributed by atoms with Crippen LogP contribution in [0.1, 0.15) is 33.1 Å². The van der Waals surface area contributed by atoms with Gasteiger partial charge in [-0.25, -0.2) is 9.00 Å². The average molecular weight is 232 g/mol. The summed E-state index contributed by atoms with van der Waals surface area (Å²) in [5, 5.41) is -0.463. The van der Waals surface area contributed by atoms with Gasteiger partial charge in [0.2, 0.25) is 5.12 Å². The van der Waals surface area contributed by atoms with Crippen molar-refractivity contribution in [3.05, 3.63) is 11.5 Å². The molecule has 0 saturated carbocycles. The van der Waals surface area contributed by atoms with Crippen LogP contribution in [0.25, 0.3) is 0 Å². The van der Waals surface area contributed by atoms with Gasteiger partial charge in [0.15, 0.2) is 0 Å². The molecule has 0 saturated heterocycles. The van der Waals surface area contributed by atoms with Crippen LogP contribution in [0.15, 0.2) is 11.5 Å². The smallest absolute Gasteiger partial charge is 0.347 e. The van der Waals surface area contributed by atoms with Gasteiger partial charge in [0.05, 0.1) is 6.61 Å². The second kappa shape index (κ2) is 7.34. The summed E-state index contributed by atoms with van der Waals surface area (Å²) in [6.45, 7) is 7.04. The first-order valence-electron chi connectivity index (χ1n) is 4.85. The number of hydrogen-bond acceptors (Lipinski definition) is 4. The highest BCUT2D eigenvalue weighted by Gasteiger charge is 2.21. The summed E-state index contributed by atoms with van der Waals surface area (Å²) < 4.78 is 16.0. The fraction of sp³-hybridized carbons (Fsp3) is 0.600. The van der Waals surface area contributed by atoms with E-state index < -0.39 is 21.9 Å². The first kappa shape index (κ1) is 14.0. The summed E-state index contributed by atoms with van der Waals surface area (Å²) in [7, 11) is -1.95. The normalized spacial score (nSPS) is 11.9. The molecule has 0 aromatic carbocycles. The van der Waals surface area contributed by atoms with E-state index in [2.05, 4.69) is 11.3 Å². The molecule has 86 valence electrons. The molecule has 0 aliphatic heterocycles. The minimum atomic E-state index is -1.95. The lowest BCUT2D eigenvalue weighted by atomic mass is 10.3. The maximum Gasteiger partial charge on any atom is 0.347 e. The van der Waals surface area contributed by atoms with Crippen LogP contribution in [-0.2, 0) is 25.1 Å². The fourth-order valence-electron chi connectivity index (χ4n) is 0.838. The Morgan fingerprint density at radius 3 is 2.40 bits per heavy atom. The topological polar surface area (TPSA) is 60.4 Å². The third kappa shape index (κ3) is 4.88. The SMILES string of the molecule is C=C(C(=O)OCC)S(=O)C(=O)CCCC. The molecule has 0 aromatic rings. The van der Waals surface area contributed by atoms with Crippen LogP contribution < -0.4 is 0 Å². The molecule has 0 N–H and O–H groups in total. The zero-order valence-electron chi connectivity index (χ0n) is 9.08. The Labute approximate surface area is 92.1 Å². The van der Waals surface area contributed by atoms with Crippen molar-refractivity contribution in [3.63, 3.8) is 0 Å². The standard InChI is InChI=1S/C10H16O4S/c1-4-6-7-9(11)15(13)8(3)10(12)14-5-2/h3-7H2,1-2H3. The van der Waals surface area contributed by atoms with Gasteiger partial charge < -0.3 is 4.74 Å². The van der Waals surface area contributed by atoms with Crippen molar-refractivity contribution in [1.29, 1.82) is 0 Å². The number of carbonyl (C=O) groups excluding carboxylic acids is 2. The minimum Gasteiger partial charge on any atom is -0.462 e. The molecular formula is C10H16O4S. The molecule has 1 unspecified atom stereocenters. The van der Waals surface area contributed by atoms with Crippen molar-refractivity contribution < 1.29 is 18.5 Å². The summed E-state index contributed by atoms with van der Waals surface area (Å²) in [5.41, 5.74) is 0. The lowest BCUT2D eigenvalue weighted by molar-refractivity contribution is -0.137. The molecule has 0 heterocycles. The van der Waals surface area contributed by atoms with Gasteiger partial charge in [-0.15, -0.1) is 0 Å². The minimum absolute atomic E-state index is 0.179. The first-order chi connectivity index (χ1) is 7.04. The van der Waals surface area contributed by atoms with E-state index in [0.717, 1.165) is 6.42 Å². The van der Waals surface area contributed by atoms with Crippen molar-refractivity contribution >= 4 is 21.9 Å². The first-order valence-corrected chi connectivity index (χ1v) is 6.00.